The molecular formula is C12H12NO6. The molecule has 1 radical (unpaired) electrons. The summed E-state index contributed by atoms with van der Waals surface area (Å²) in [6.07, 6.45) is 0. The quantitative estimate of drug-likeness (QED) is 0.457. The Morgan fingerprint density at radius 2 is 1.79 bits per heavy atom. The highest BCUT2D eigenvalue weighted by molar-refractivity contribution is 5.97. The van der Waals surface area contributed by atoms with Crippen LogP contribution >= 0.6 is 0 Å². The van der Waals surface area contributed by atoms with Crippen LogP contribution < -0.4 is 0 Å². The molecule has 1 aromatic rings. The summed E-state index contributed by atoms with van der Waals surface area (Å²) in [6.45, 7) is 3.40. The molecule has 0 aromatic heterocycles. The van der Waals surface area contributed by atoms with Crippen LogP contribution in [0.5, 0.6) is 0 Å². The zero-order valence-electron chi connectivity index (χ0n) is 10.5. The first-order valence-electron chi connectivity index (χ1n) is 5.56. The summed E-state index contributed by atoms with van der Waals surface area (Å²) in [5.74, 6) is -1.61. The number of rotatable bonds is 5. The van der Waals surface area contributed by atoms with Crippen molar-refractivity contribution in [2.45, 2.75) is 13.8 Å². The predicted octanol–water partition coefficient (Wildman–Crippen LogP) is 1.75. The van der Waals surface area contributed by atoms with Gasteiger partial charge in [-0.3, -0.25) is 10.1 Å². The molecule has 19 heavy (non-hydrogen) atoms. The number of nitro benzene ring substituents is 1. The fourth-order valence-electron chi connectivity index (χ4n) is 1.32. The molecule has 0 spiro atoms. The molecule has 0 heterocycles. The van der Waals surface area contributed by atoms with Gasteiger partial charge >= 0.3 is 11.9 Å². The highest BCUT2D eigenvalue weighted by atomic mass is 16.6. The fourth-order valence-corrected chi connectivity index (χ4v) is 1.32. The van der Waals surface area contributed by atoms with Crippen LogP contribution in [0.2, 0.25) is 0 Å². The van der Waals surface area contributed by atoms with Gasteiger partial charge in [0.25, 0.3) is 5.69 Å². The van der Waals surface area contributed by atoms with Crippen LogP contribution in [-0.4, -0.2) is 30.1 Å². The molecule has 1 rings (SSSR count). The summed E-state index contributed by atoms with van der Waals surface area (Å²) in [5, 5.41) is 10.8. The lowest BCUT2D eigenvalue weighted by Gasteiger charge is -2.05. The van der Waals surface area contributed by atoms with Gasteiger partial charge in [0.2, 0.25) is 0 Å². The van der Waals surface area contributed by atoms with E-state index < -0.39 is 28.1 Å². The number of hydrogen-bond acceptors (Lipinski definition) is 6. The van der Waals surface area contributed by atoms with Crippen molar-refractivity contribution in [2.24, 2.45) is 0 Å². The standard InChI is InChI=1S/C12H12NO6/c1-3-18-11(14)8-5-6-10(13(16)17)9(7-8)12(15)19-4-2/h5-6H,3-4H2,1-2H3. The average Bonchev–Trinajstić information content (AvgIpc) is 2.38. The topological polar surface area (TPSA) is 95.7 Å². The Morgan fingerprint density at radius 3 is 2.32 bits per heavy atom. The predicted molar refractivity (Wildman–Crippen MR) is 63.8 cm³/mol. The van der Waals surface area contributed by atoms with Gasteiger partial charge in [0.05, 0.1) is 23.7 Å². The monoisotopic (exact) mass is 266 g/mol. The van der Waals surface area contributed by atoms with Gasteiger partial charge in [-0.15, -0.1) is 0 Å². The summed E-state index contributed by atoms with van der Waals surface area (Å²) in [5.41, 5.74) is -0.917. The molecule has 101 valence electrons. The van der Waals surface area contributed by atoms with Crippen molar-refractivity contribution in [3.8, 4) is 0 Å². The van der Waals surface area contributed by atoms with E-state index in [2.05, 4.69) is 10.8 Å². The molecule has 7 nitrogen and oxygen atoms in total. The summed E-state index contributed by atoms with van der Waals surface area (Å²) in [6, 6.07) is 4.60. The maximum atomic E-state index is 11.6. The van der Waals surface area contributed by atoms with Gasteiger partial charge in [0, 0.05) is 12.1 Å². The van der Waals surface area contributed by atoms with Gasteiger partial charge in [-0.1, -0.05) is 0 Å². The van der Waals surface area contributed by atoms with Crippen molar-refractivity contribution in [2.75, 3.05) is 13.2 Å². The van der Waals surface area contributed by atoms with E-state index in [4.69, 9.17) is 4.74 Å². The second kappa shape index (κ2) is 6.48. The number of hydrogen-bond donors (Lipinski definition) is 0. The lowest BCUT2D eigenvalue weighted by molar-refractivity contribution is -0.385. The summed E-state index contributed by atoms with van der Waals surface area (Å²) >= 11 is 0. The number of benzene rings is 1. The molecule has 0 fully saturated rings. The Morgan fingerprint density at radius 1 is 1.21 bits per heavy atom. The van der Waals surface area contributed by atoms with Crippen molar-refractivity contribution in [1.29, 1.82) is 0 Å². The van der Waals surface area contributed by atoms with Crippen LogP contribution in [-0.2, 0) is 9.47 Å². The van der Waals surface area contributed by atoms with Crippen LogP contribution in [0.4, 0.5) is 5.69 Å². The first-order valence-corrected chi connectivity index (χ1v) is 5.56. The molecule has 0 bridgehead atoms. The second-order valence-electron chi connectivity index (χ2n) is 3.33. The first kappa shape index (κ1) is 14.6. The molecule has 0 unspecified atom stereocenters. The zero-order valence-corrected chi connectivity index (χ0v) is 10.5. The fraction of sp³-hybridized carbons (Fsp3) is 0.333. The minimum atomic E-state index is -0.902. The Hall–Kier alpha value is -2.44. The third-order valence-electron chi connectivity index (χ3n) is 2.10. The van der Waals surface area contributed by atoms with Crippen molar-refractivity contribution < 1.29 is 24.0 Å². The van der Waals surface area contributed by atoms with Crippen molar-refractivity contribution in [3.63, 3.8) is 0 Å². The van der Waals surface area contributed by atoms with Gasteiger partial charge in [-0.05, 0) is 19.9 Å². The summed E-state index contributed by atoms with van der Waals surface area (Å²) in [7, 11) is 0. The van der Waals surface area contributed by atoms with E-state index in [-0.39, 0.29) is 18.8 Å². The SMILES string of the molecule is CCOC(=O)c1[c]c(C(=O)OCC)c([N+](=O)[O-])cc1. The van der Waals surface area contributed by atoms with Crippen LogP contribution in [0.1, 0.15) is 34.6 Å². The molecule has 0 atom stereocenters. The van der Waals surface area contributed by atoms with Crippen LogP contribution in [0.3, 0.4) is 0 Å². The van der Waals surface area contributed by atoms with E-state index in [1.807, 2.05) is 0 Å². The minimum absolute atomic E-state index is 0.0597. The molecule has 7 heteroatoms. The number of esters is 2. The van der Waals surface area contributed by atoms with Crippen LogP contribution in [0.15, 0.2) is 12.1 Å². The van der Waals surface area contributed by atoms with E-state index in [0.29, 0.717) is 0 Å². The zero-order chi connectivity index (χ0) is 14.4. The molecule has 0 amide bonds. The molecule has 0 aliphatic carbocycles. The molecular weight excluding hydrogens is 254 g/mol. The first-order chi connectivity index (χ1) is 9.01. The molecule has 0 saturated carbocycles. The van der Waals surface area contributed by atoms with Gasteiger partial charge < -0.3 is 9.47 Å². The number of ether oxygens (including phenoxy) is 2. The van der Waals surface area contributed by atoms with Crippen molar-refractivity contribution >= 4 is 17.6 Å². The van der Waals surface area contributed by atoms with Gasteiger partial charge in [0.15, 0.2) is 0 Å². The van der Waals surface area contributed by atoms with Gasteiger partial charge in [-0.2, -0.15) is 0 Å². The maximum Gasteiger partial charge on any atom is 0.345 e. The average molecular weight is 266 g/mol. The number of carbonyl (C=O) groups is 2. The molecule has 0 aliphatic heterocycles. The Kier molecular flexibility index (Phi) is 4.99. The van der Waals surface area contributed by atoms with E-state index in [9.17, 15) is 19.7 Å². The summed E-state index contributed by atoms with van der Waals surface area (Å²) in [4.78, 5) is 33.1. The second-order valence-corrected chi connectivity index (χ2v) is 3.33. The van der Waals surface area contributed by atoms with E-state index in [1.165, 1.54) is 6.07 Å². The summed E-state index contributed by atoms with van der Waals surface area (Å²) < 4.78 is 9.42. The van der Waals surface area contributed by atoms with Gasteiger partial charge in [-0.25, -0.2) is 9.59 Å². The third kappa shape index (κ3) is 3.51. The molecule has 0 saturated heterocycles. The molecule has 0 N–H and O–H groups in total. The highest BCUT2D eigenvalue weighted by Gasteiger charge is 2.24. The minimum Gasteiger partial charge on any atom is -0.462 e. The lowest BCUT2D eigenvalue weighted by Crippen LogP contribution is -2.11. The number of nitrogens with zero attached hydrogens (tertiary/aromatic N) is 1. The number of carbonyl (C=O) groups excluding carboxylic acids is 2. The van der Waals surface area contributed by atoms with Crippen LogP contribution in [0.25, 0.3) is 0 Å². The third-order valence-corrected chi connectivity index (χ3v) is 2.10. The van der Waals surface area contributed by atoms with E-state index >= 15 is 0 Å². The van der Waals surface area contributed by atoms with Gasteiger partial charge in [0.1, 0.15) is 5.56 Å². The maximum absolute atomic E-state index is 11.6. The molecule has 0 aliphatic rings. The van der Waals surface area contributed by atoms with Crippen molar-refractivity contribution in [3.05, 3.63) is 39.4 Å². The van der Waals surface area contributed by atoms with Crippen molar-refractivity contribution in [1.82, 2.24) is 0 Å². The largest absolute Gasteiger partial charge is 0.462 e. The Bertz CT molecular complexity index is 511. The van der Waals surface area contributed by atoms with E-state index in [1.54, 1.807) is 13.8 Å². The Balaban J connectivity index is 3.22. The normalized spacial score (nSPS) is 9.79. The molecule has 1 aromatic carbocycles. The van der Waals surface area contributed by atoms with E-state index in [0.717, 1.165) is 6.07 Å². The Labute approximate surface area is 109 Å². The highest BCUT2D eigenvalue weighted by Crippen LogP contribution is 2.21. The smallest absolute Gasteiger partial charge is 0.345 e. The lowest BCUT2D eigenvalue weighted by atomic mass is 10.1. The number of nitro groups is 1. The van der Waals surface area contributed by atoms with Crippen LogP contribution in [0, 0.1) is 16.2 Å².